The number of aromatic nitrogens is 1. The smallest absolute Gasteiger partial charge is 0.417 e. The Morgan fingerprint density at radius 2 is 2.09 bits per heavy atom. The summed E-state index contributed by atoms with van der Waals surface area (Å²) in [5, 5.41) is 9.51. The van der Waals surface area contributed by atoms with E-state index in [4.69, 9.17) is 16.7 Å². The van der Waals surface area contributed by atoms with Gasteiger partial charge in [-0.3, -0.25) is 20.0 Å². The number of alkyl halides is 3. The third kappa shape index (κ3) is 3.41. The Labute approximate surface area is 127 Å². The van der Waals surface area contributed by atoms with E-state index in [1.807, 2.05) is 0 Å². The number of carboxylic acids is 1. The molecule has 1 amide bonds. The zero-order valence-electron chi connectivity index (χ0n) is 11.2. The molecule has 1 fully saturated rings. The summed E-state index contributed by atoms with van der Waals surface area (Å²) in [4.78, 5) is 26.0. The van der Waals surface area contributed by atoms with E-state index in [2.05, 4.69) is 10.4 Å². The Hall–Kier alpha value is -2.03. The van der Waals surface area contributed by atoms with Gasteiger partial charge in [0.15, 0.2) is 5.82 Å². The van der Waals surface area contributed by atoms with Crippen LogP contribution in [0, 0.1) is 11.8 Å². The fourth-order valence-electron chi connectivity index (χ4n) is 1.89. The summed E-state index contributed by atoms with van der Waals surface area (Å²) in [6, 6.07) is 0.698. The quantitative estimate of drug-likeness (QED) is 0.821. The Kier molecular flexibility index (Phi) is 4.19. The first-order valence-corrected chi connectivity index (χ1v) is 6.49. The van der Waals surface area contributed by atoms with Crippen molar-refractivity contribution in [1.29, 1.82) is 0 Å². The molecule has 0 radical (unpaired) electrons. The highest BCUT2D eigenvalue weighted by Gasteiger charge is 2.48. The van der Waals surface area contributed by atoms with Gasteiger partial charge < -0.3 is 5.11 Å². The molecule has 1 saturated carbocycles. The first-order chi connectivity index (χ1) is 10.1. The van der Waals surface area contributed by atoms with Crippen molar-refractivity contribution in [3.8, 4) is 0 Å². The van der Waals surface area contributed by atoms with Gasteiger partial charge in [0.25, 0.3) is 0 Å². The van der Waals surface area contributed by atoms with Crippen molar-refractivity contribution in [1.82, 2.24) is 10.4 Å². The Bertz CT molecular complexity index is 623. The monoisotopic (exact) mass is 337 g/mol. The highest BCUT2D eigenvalue weighted by Crippen LogP contribution is 2.39. The number of amides is 1. The van der Waals surface area contributed by atoms with Gasteiger partial charge in [0.05, 0.1) is 22.4 Å². The minimum atomic E-state index is -4.57. The molecular formula is C12H11ClF3N3O3. The van der Waals surface area contributed by atoms with Gasteiger partial charge >= 0.3 is 12.1 Å². The van der Waals surface area contributed by atoms with Gasteiger partial charge in [-0.1, -0.05) is 11.6 Å². The number of halogens is 4. The van der Waals surface area contributed by atoms with Crippen LogP contribution in [0.5, 0.6) is 0 Å². The summed E-state index contributed by atoms with van der Waals surface area (Å²) in [5.41, 5.74) is 1.34. The second-order valence-electron chi connectivity index (χ2n) is 4.85. The summed E-state index contributed by atoms with van der Waals surface area (Å²) in [5.74, 6) is -3.07. The molecule has 1 heterocycles. The number of pyridine rings is 1. The van der Waals surface area contributed by atoms with Gasteiger partial charge in [-0.15, -0.1) is 0 Å². The second-order valence-corrected chi connectivity index (χ2v) is 5.26. The van der Waals surface area contributed by atoms with Crippen LogP contribution in [0.25, 0.3) is 0 Å². The van der Waals surface area contributed by atoms with Crippen LogP contribution >= 0.6 is 11.6 Å². The van der Waals surface area contributed by atoms with Crippen molar-refractivity contribution in [2.45, 2.75) is 12.6 Å². The van der Waals surface area contributed by atoms with Crippen LogP contribution in [-0.2, 0) is 15.8 Å². The lowest BCUT2D eigenvalue weighted by molar-refractivity contribution is -0.140. The molecule has 1 aromatic heterocycles. The van der Waals surface area contributed by atoms with Crippen molar-refractivity contribution < 1.29 is 27.9 Å². The van der Waals surface area contributed by atoms with E-state index < -0.39 is 35.5 Å². The van der Waals surface area contributed by atoms with Gasteiger partial charge in [-0.2, -0.15) is 13.2 Å². The van der Waals surface area contributed by atoms with E-state index in [1.165, 1.54) is 7.05 Å². The molecule has 0 saturated heterocycles. The number of nitrogens with one attached hydrogen (secondary N) is 1. The van der Waals surface area contributed by atoms with Crippen LogP contribution in [0.4, 0.5) is 19.0 Å². The van der Waals surface area contributed by atoms with Crippen molar-refractivity contribution in [3.63, 3.8) is 0 Å². The molecule has 22 heavy (non-hydrogen) atoms. The number of anilines is 1. The number of aliphatic carboxylic acids is 1. The summed E-state index contributed by atoms with van der Waals surface area (Å²) in [6.07, 6.45) is -3.75. The van der Waals surface area contributed by atoms with Crippen LogP contribution in [0.3, 0.4) is 0 Å². The molecule has 2 unspecified atom stereocenters. The summed E-state index contributed by atoms with van der Waals surface area (Å²) >= 11 is 5.74. The standard InChI is InChI=1S/C12H11ClF3N3O3/c1-19(18-10(20)6-3-7(6)11(21)22)9-8(13)2-5(4-17-9)12(14,15)16/h2,4,6-7H,3H2,1H3,(H,18,20)(H,21,22). The molecule has 0 spiro atoms. The molecule has 1 aromatic rings. The van der Waals surface area contributed by atoms with Crippen molar-refractivity contribution >= 4 is 29.3 Å². The topological polar surface area (TPSA) is 82.5 Å². The maximum atomic E-state index is 12.5. The number of hydrazine groups is 1. The zero-order valence-corrected chi connectivity index (χ0v) is 11.9. The molecule has 2 atom stereocenters. The summed E-state index contributed by atoms with van der Waals surface area (Å²) < 4.78 is 37.5. The first-order valence-electron chi connectivity index (χ1n) is 6.11. The van der Waals surface area contributed by atoms with E-state index in [0.717, 1.165) is 5.01 Å². The summed E-state index contributed by atoms with van der Waals surface area (Å²) in [6.45, 7) is 0. The van der Waals surface area contributed by atoms with Gasteiger partial charge in [0.1, 0.15) is 0 Å². The lowest BCUT2D eigenvalue weighted by Crippen LogP contribution is -2.41. The average molecular weight is 338 g/mol. The molecule has 0 aliphatic heterocycles. The zero-order chi connectivity index (χ0) is 16.7. The predicted molar refractivity (Wildman–Crippen MR) is 70.0 cm³/mol. The van der Waals surface area contributed by atoms with Gasteiger partial charge in [0.2, 0.25) is 5.91 Å². The van der Waals surface area contributed by atoms with E-state index in [-0.39, 0.29) is 17.3 Å². The molecule has 0 aromatic carbocycles. The largest absolute Gasteiger partial charge is 0.481 e. The molecule has 1 aliphatic rings. The van der Waals surface area contributed by atoms with Crippen LogP contribution < -0.4 is 10.4 Å². The van der Waals surface area contributed by atoms with E-state index >= 15 is 0 Å². The maximum absolute atomic E-state index is 12.5. The highest BCUT2D eigenvalue weighted by atomic mass is 35.5. The molecule has 6 nitrogen and oxygen atoms in total. The average Bonchev–Trinajstić information content (AvgIpc) is 3.17. The number of rotatable bonds is 4. The number of nitrogens with zero attached hydrogens (tertiary/aromatic N) is 2. The summed E-state index contributed by atoms with van der Waals surface area (Å²) in [7, 11) is 1.34. The van der Waals surface area contributed by atoms with Crippen molar-refractivity contribution in [2.75, 3.05) is 12.1 Å². The Morgan fingerprint density at radius 3 is 2.55 bits per heavy atom. The number of carbonyl (C=O) groups is 2. The van der Waals surface area contributed by atoms with E-state index in [9.17, 15) is 22.8 Å². The minimum absolute atomic E-state index is 0.0736. The highest BCUT2D eigenvalue weighted by molar-refractivity contribution is 6.33. The third-order valence-electron chi connectivity index (χ3n) is 3.19. The maximum Gasteiger partial charge on any atom is 0.417 e. The van der Waals surface area contributed by atoms with Crippen LogP contribution in [0.15, 0.2) is 12.3 Å². The molecule has 2 N–H and O–H groups in total. The van der Waals surface area contributed by atoms with Crippen LogP contribution in [0.1, 0.15) is 12.0 Å². The molecular weight excluding hydrogens is 327 g/mol. The fourth-order valence-corrected chi connectivity index (χ4v) is 2.18. The van der Waals surface area contributed by atoms with Crippen molar-refractivity contribution in [2.24, 2.45) is 11.8 Å². The molecule has 0 bridgehead atoms. The van der Waals surface area contributed by atoms with Gasteiger partial charge in [-0.05, 0) is 12.5 Å². The second kappa shape index (κ2) is 5.64. The number of hydrogen-bond donors (Lipinski definition) is 2. The predicted octanol–water partition coefficient (Wildman–Crippen LogP) is 1.94. The Morgan fingerprint density at radius 1 is 1.45 bits per heavy atom. The van der Waals surface area contributed by atoms with E-state index in [0.29, 0.717) is 12.3 Å². The van der Waals surface area contributed by atoms with Crippen LogP contribution in [0.2, 0.25) is 5.02 Å². The number of carbonyl (C=O) groups excluding carboxylic acids is 1. The fraction of sp³-hybridized carbons (Fsp3) is 0.417. The third-order valence-corrected chi connectivity index (χ3v) is 3.47. The molecule has 2 rings (SSSR count). The van der Waals surface area contributed by atoms with Gasteiger partial charge in [-0.25, -0.2) is 4.98 Å². The molecule has 120 valence electrons. The van der Waals surface area contributed by atoms with E-state index in [1.54, 1.807) is 0 Å². The lowest BCUT2D eigenvalue weighted by Gasteiger charge is -2.20. The number of hydrogen-bond acceptors (Lipinski definition) is 4. The normalized spacial score (nSPS) is 20.4. The first kappa shape index (κ1) is 16.3. The van der Waals surface area contributed by atoms with Crippen molar-refractivity contribution in [3.05, 3.63) is 22.8 Å². The molecule has 10 heteroatoms. The number of carboxylic acid groups (broad SMARTS) is 1. The lowest BCUT2D eigenvalue weighted by atomic mass is 10.3. The van der Waals surface area contributed by atoms with Crippen LogP contribution in [-0.4, -0.2) is 29.0 Å². The minimum Gasteiger partial charge on any atom is -0.481 e. The van der Waals surface area contributed by atoms with Gasteiger partial charge in [0, 0.05) is 13.2 Å². The molecule has 1 aliphatic carbocycles. The SMILES string of the molecule is CN(NC(=O)C1CC1C(=O)O)c1ncc(C(F)(F)F)cc1Cl. The Balaban J connectivity index is 2.06.